The van der Waals surface area contributed by atoms with E-state index in [0.717, 1.165) is 5.56 Å². The molecule has 23 heavy (non-hydrogen) atoms. The van der Waals surface area contributed by atoms with Gasteiger partial charge in [-0.3, -0.25) is 9.78 Å². The average molecular weight is 314 g/mol. The number of methoxy groups -OCH3 is 2. The van der Waals surface area contributed by atoms with Crippen LogP contribution in [0.15, 0.2) is 42.7 Å². The van der Waals surface area contributed by atoms with E-state index in [0.29, 0.717) is 17.2 Å². The molecular formula is C18H22N2O3. The van der Waals surface area contributed by atoms with Crippen LogP contribution in [0.1, 0.15) is 25.3 Å². The van der Waals surface area contributed by atoms with Crippen molar-refractivity contribution in [3.63, 3.8) is 0 Å². The number of aromatic nitrogens is 1. The zero-order valence-electron chi connectivity index (χ0n) is 13.9. The highest BCUT2D eigenvalue weighted by Crippen LogP contribution is 2.29. The summed E-state index contributed by atoms with van der Waals surface area (Å²) >= 11 is 0. The minimum absolute atomic E-state index is 0.0803. The number of rotatable bonds is 6. The molecule has 1 N–H and O–H groups in total. The first-order chi connectivity index (χ1) is 11.0. The van der Waals surface area contributed by atoms with Gasteiger partial charge in [-0.25, -0.2) is 0 Å². The van der Waals surface area contributed by atoms with Gasteiger partial charge in [0.2, 0.25) is 5.91 Å². The molecule has 5 heteroatoms. The number of nitrogens with zero attached hydrogens (tertiary/aromatic N) is 1. The Morgan fingerprint density at radius 3 is 2.26 bits per heavy atom. The van der Waals surface area contributed by atoms with Crippen molar-refractivity contribution in [3.8, 4) is 11.5 Å². The maximum Gasteiger partial charge on any atom is 0.232 e. The van der Waals surface area contributed by atoms with E-state index in [4.69, 9.17) is 9.47 Å². The lowest BCUT2D eigenvalue weighted by atomic mass is 9.88. The van der Waals surface area contributed by atoms with Crippen LogP contribution in [-0.2, 0) is 4.79 Å². The number of hydrogen-bond donors (Lipinski definition) is 1. The van der Waals surface area contributed by atoms with Crippen LogP contribution in [0.25, 0.3) is 0 Å². The summed E-state index contributed by atoms with van der Waals surface area (Å²) in [5.74, 6) is 1.04. The first kappa shape index (κ1) is 16.8. The molecule has 0 saturated heterocycles. The zero-order valence-corrected chi connectivity index (χ0v) is 13.9. The molecule has 1 heterocycles. The molecule has 2 rings (SSSR count). The molecule has 1 amide bonds. The topological polar surface area (TPSA) is 60.5 Å². The summed E-state index contributed by atoms with van der Waals surface area (Å²) in [6.45, 7) is 4.03. The van der Waals surface area contributed by atoms with Gasteiger partial charge in [-0.05, 0) is 17.5 Å². The van der Waals surface area contributed by atoms with Crippen molar-refractivity contribution in [3.05, 3.63) is 48.3 Å². The molecule has 1 aromatic carbocycles. The molecule has 0 radical (unpaired) electrons. The van der Waals surface area contributed by atoms with E-state index in [-0.39, 0.29) is 17.7 Å². The maximum atomic E-state index is 12.7. The number of anilines is 1. The average Bonchev–Trinajstić information content (AvgIpc) is 2.55. The van der Waals surface area contributed by atoms with Crippen LogP contribution in [0.2, 0.25) is 0 Å². The van der Waals surface area contributed by atoms with Crippen LogP contribution in [0.4, 0.5) is 5.69 Å². The zero-order chi connectivity index (χ0) is 16.8. The summed E-state index contributed by atoms with van der Waals surface area (Å²) in [5, 5.41) is 2.94. The van der Waals surface area contributed by atoms with Crippen molar-refractivity contribution in [2.24, 2.45) is 5.92 Å². The van der Waals surface area contributed by atoms with Crippen LogP contribution < -0.4 is 14.8 Å². The molecule has 1 aromatic heterocycles. The lowest BCUT2D eigenvalue weighted by molar-refractivity contribution is -0.118. The van der Waals surface area contributed by atoms with Crippen molar-refractivity contribution in [2.75, 3.05) is 19.5 Å². The molecule has 0 aliphatic rings. The highest BCUT2D eigenvalue weighted by atomic mass is 16.5. The second-order valence-corrected chi connectivity index (χ2v) is 5.60. The highest BCUT2D eigenvalue weighted by molar-refractivity contribution is 5.96. The van der Waals surface area contributed by atoms with Crippen LogP contribution >= 0.6 is 0 Å². The van der Waals surface area contributed by atoms with E-state index >= 15 is 0 Å². The van der Waals surface area contributed by atoms with Gasteiger partial charge in [0, 0.05) is 36.3 Å². The Morgan fingerprint density at radius 2 is 1.78 bits per heavy atom. The van der Waals surface area contributed by atoms with Crippen molar-refractivity contribution < 1.29 is 14.3 Å². The lowest BCUT2D eigenvalue weighted by Crippen LogP contribution is -2.25. The number of hydrogen-bond acceptors (Lipinski definition) is 4. The number of nitrogens with one attached hydrogen (secondary N) is 1. The van der Waals surface area contributed by atoms with Gasteiger partial charge in [0.1, 0.15) is 11.5 Å². The summed E-state index contributed by atoms with van der Waals surface area (Å²) < 4.78 is 10.5. The minimum atomic E-state index is -0.277. The summed E-state index contributed by atoms with van der Waals surface area (Å²) in [5.41, 5.74) is 1.54. The van der Waals surface area contributed by atoms with Crippen LogP contribution in [0.5, 0.6) is 11.5 Å². The molecular weight excluding hydrogens is 292 g/mol. The Labute approximate surface area is 136 Å². The molecule has 5 nitrogen and oxygen atoms in total. The third kappa shape index (κ3) is 4.22. The molecule has 0 aliphatic heterocycles. The number of ether oxygens (including phenoxy) is 2. The maximum absolute atomic E-state index is 12.7. The van der Waals surface area contributed by atoms with Gasteiger partial charge < -0.3 is 14.8 Å². The van der Waals surface area contributed by atoms with Gasteiger partial charge in [-0.2, -0.15) is 0 Å². The molecule has 0 spiro atoms. The molecule has 0 aliphatic carbocycles. The van der Waals surface area contributed by atoms with Gasteiger partial charge in [-0.1, -0.05) is 19.9 Å². The standard InChI is InChI=1S/C18H22N2O3/c1-12(2)17(13-6-5-7-19-11-13)18(21)20-14-8-15(22-3)10-16(9-14)23-4/h5-12,17H,1-4H3,(H,20,21). The van der Waals surface area contributed by atoms with Crippen LogP contribution in [0, 0.1) is 5.92 Å². The Bertz CT molecular complexity index is 634. The van der Waals surface area contributed by atoms with Crippen molar-refractivity contribution in [1.29, 1.82) is 0 Å². The molecule has 122 valence electrons. The first-order valence-corrected chi connectivity index (χ1v) is 7.49. The highest BCUT2D eigenvalue weighted by Gasteiger charge is 2.24. The second-order valence-electron chi connectivity index (χ2n) is 5.60. The van der Waals surface area contributed by atoms with Gasteiger partial charge in [-0.15, -0.1) is 0 Å². The summed E-state index contributed by atoms with van der Waals surface area (Å²) in [6.07, 6.45) is 3.43. The molecule has 1 atom stereocenters. The van der Waals surface area contributed by atoms with Crippen LogP contribution in [-0.4, -0.2) is 25.1 Å². The predicted molar refractivity (Wildman–Crippen MR) is 90.0 cm³/mol. The second kappa shape index (κ2) is 7.63. The number of benzene rings is 1. The molecule has 2 aromatic rings. The van der Waals surface area contributed by atoms with E-state index in [1.165, 1.54) is 0 Å². The van der Waals surface area contributed by atoms with E-state index in [1.54, 1.807) is 44.8 Å². The Balaban J connectivity index is 2.25. The van der Waals surface area contributed by atoms with E-state index < -0.39 is 0 Å². The fraction of sp³-hybridized carbons (Fsp3) is 0.333. The van der Waals surface area contributed by atoms with Gasteiger partial charge in [0.15, 0.2) is 0 Å². The Hall–Kier alpha value is -2.56. The van der Waals surface area contributed by atoms with E-state index in [1.807, 2.05) is 26.0 Å². The van der Waals surface area contributed by atoms with Crippen molar-refractivity contribution in [2.45, 2.75) is 19.8 Å². The SMILES string of the molecule is COc1cc(NC(=O)C(c2cccnc2)C(C)C)cc(OC)c1. The fourth-order valence-electron chi connectivity index (χ4n) is 2.50. The van der Waals surface area contributed by atoms with Gasteiger partial charge in [0.25, 0.3) is 0 Å². The fourth-order valence-corrected chi connectivity index (χ4v) is 2.50. The van der Waals surface area contributed by atoms with Gasteiger partial charge in [0.05, 0.1) is 20.1 Å². The Morgan fingerprint density at radius 1 is 1.13 bits per heavy atom. The quantitative estimate of drug-likeness (QED) is 0.887. The Kier molecular flexibility index (Phi) is 5.57. The number of carbonyl (C=O) groups excluding carboxylic acids is 1. The summed E-state index contributed by atoms with van der Waals surface area (Å²) in [4.78, 5) is 16.8. The normalized spacial score (nSPS) is 11.9. The largest absolute Gasteiger partial charge is 0.497 e. The third-order valence-corrected chi connectivity index (χ3v) is 3.61. The summed E-state index contributed by atoms with van der Waals surface area (Å²) in [7, 11) is 3.15. The third-order valence-electron chi connectivity index (χ3n) is 3.61. The van der Waals surface area contributed by atoms with E-state index in [9.17, 15) is 4.79 Å². The van der Waals surface area contributed by atoms with E-state index in [2.05, 4.69) is 10.3 Å². The predicted octanol–water partition coefficient (Wildman–Crippen LogP) is 3.48. The summed E-state index contributed by atoms with van der Waals surface area (Å²) in [6, 6.07) is 9.05. The molecule has 0 bridgehead atoms. The number of carbonyl (C=O) groups is 1. The van der Waals surface area contributed by atoms with Crippen molar-refractivity contribution >= 4 is 11.6 Å². The van der Waals surface area contributed by atoms with Gasteiger partial charge >= 0.3 is 0 Å². The number of amides is 1. The van der Waals surface area contributed by atoms with Crippen LogP contribution in [0.3, 0.4) is 0 Å². The lowest BCUT2D eigenvalue weighted by Gasteiger charge is -2.20. The van der Waals surface area contributed by atoms with Crippen molar-refractivity contribution in [1.82, 2.24) is 4.98 Å². The molecule has 0 fully saturated rings. The monoisotopic (exact) mass is 314 g/mol. The smallest absolute Gasteiger partial charge is 0.232 e. The molecule has 1 unspecified atom stereocenters. The number of pyridine rings is 1. The minimum Gasteiger partial charge on any atom is -0.497 e. The molecule has 0 saturated carbocycles. The first-order valence-electron chi connectivity index (χ1n) is 7.49.